The van der Waals surface area contributed by atoms with Gasteiger partial charge in [0.1, 0.15) is 0 Å². The minimum atomic E-state index is 0.123. The second-order valence-electron chi connectivity index (χ2n) is 4.61. The number of piperidine rings is 1. The van der Waals surface area contributed by atoms with Crippen LogP contribution in [-0.4, -0.2) is 30.0 Å². The average Bonchev–Trinajstić information content (AvgIpc) is 2.91. The SMILES string of the molecule is CC(NC(=O)CSC1CCNCC1)c1ccsc1. The third kappa shape index (κ3) is 4.30. The van der Waals surface area contributed by atoms with Crippen LogP contribution in [0.2, 0.25) is 0 Å². The Morgan fingerprint density at radius 1 is 1.61 bits per heavy atom. The molecule has 1 atom stereocenters. The molecular weight excluding hydrogens is 264 g/mol. The van der Waals surface area contributed by atoms with Crippen molar-refractivity contribution in [3.8, 4) is 0 Å². The number of hydrogen-bond acceptors (Lipinski definition) is 4. The third-order valence-corrected chi connectivity index (χ3v) is 5.23. The molecule has 1 saturated heterocycles. The van der Waals surface area contributed by atoms with Gasteiger partial charge in [-0.25, -0.2) is 0 Å². The van der Waals surface area contributed by atoms with Crippen molar-refractivity contribution < 1.29 is 4.79 Å². The quantitative estimate of drug-likeness (QED) is 0.872. The summed E-state index contributed by atoms with van der Waals surface area (Å²) >= 11 is 3.46. The maximum absolute atomic E-state index is 11.8. The topological polar surface area (TPSA) is 41.1 Å². The van der Waals surface area contributed by atoms with Crippen molar-refractivity contribution in [2.75, 3.05) is 18.8 Å². The summed E-state index contributed by atoms with van der Waals surface area (Å²) < 4.78 is 0. The summed E-state index contributed by atoms with van der Waals surface area (Å²) in [6.07, 6.45) is 2.36. The molecule has 1 aliphatic rings. The molecule has 2 N–H and O–H groups in total. The molecule has 1 amide bonds. The lowest BCUT2D eigenvalue weighted by Gasteiger charge is -2.22. The monoisotopic (exact) mass is 284 g/mol. The number of hydrogen-bond donors (Lipinski definition) is 2. The van der Waals surface area contributed by atoms with Crippen molar-refractivity contribution in [1.29, 1.82) is 0 Å². The largest absolute Gasteiger partial charge is 0.349 e. The predicted octanol–water partition coefficient (Wildman–Crippen LogP) is 2.41. The molecule has 1 unspecified atom stereocenters. The van der Waals surface area contributed by atoms with E-state index in [1.165, 1.54) is 18.4 Å². The van der Waals surface area contributed by atoms with E-state index in [-0.39, 0.29) is 11.9 Å². The van der Waals surface area contributed by atoms with E-state index in [4.69, 9.17) is 0 Å². The van der Waals surface area contributed by atoms with Gasteiger partial charge in [0.2, 0.25) is 5.91 Å². The molecule has 1 aromatic rings. The fourth-order valence-electron chi connectivity index (χ4n) is 2.04. The maximum Gasteiger partial charge on any atom is 0.230 e. The van der Waals surface area contributed by atoms with Crippen molar-refractivity contribution >= 4 is 29.0 Å². The molecule has 3 nitrogen and oxygen atoms in total. The van der Waals surface area contributed by atoms with Crippen LogP contribution in [0.1, 0.15) is 31.4 Å². The van der Waals surface area contributed by atoms with E-state index in [2.05, 4.69) is 22.1 Å². The van der Waals surface area contributed by atoms with Crippen LogP contribution >= 0.6 is 23.1 Å². The molecule has 18 heavy (non-hydrogen) atoms. The number of thioether (sulfide) groups is 1. The van der Waals surface area contributed by atoms with Gasteiger partial charge < -0.3 is 10.6 Å². The summed E-state index contributed by atoms with van der Waals surface area (Å²) in [7, 11) is 0. The van der Waals surface area contributed by atoms with Gasteiger partial charge in [-0.2, -0.15) is 11.3 Å². The number of amides is 1. The highest BCUT2D eigenvalue weighted by Crippen LogP contribution is 2.20. The van der Waals surface area contributed by atoms with Gasteiger partial charge in [-0.1, -0.05) is 0 Å². The van der Waals surface area contributed by atoms with Crippen LogP contribution in [0.25, 0.3) is 0 Å². The molecule has 100 valence electrons. The number of rotatable bonds is 5. The Bertz CT molecular complexity index is 361. The van der Waals surface area contributed by atoms with Gasteiger partial charge in [-0.3, -0.25) is 4.79 Å². The first-order chi connectivity index (χ1) is 8.75. The Hall–Kier alpha value is -0.520. The fraction of sp³-hybridized carbons (Fsp3) is 0.615. The van der Waals surface area contributed by atoms with E-state index in [0.29, 0.717) is 11.0 Å². The summed E-state index contributed by atoms with van der Waals surface area (Å²) in [5.74, 6) is 0.733. The first kappa shape index (κ1) is 13.9. The molecule has 0 saturated carbocycles. The average molecular weight is 284 g/mol. The Labute approximate surface area is 117 Å². The molecule has 1 fully saturated rings. The van der Waals surface area contributed by atoms with Crippen molar-refractivity contribution in [3.63, 3.8) is 0 Å². The van der Waals surface area contributed by atoms with Crippen LogP contribution in [0.4, 0.5) is 0 Å². The zero-order valence-corrected chi connectivity index (χ0v) is 12.3. The Kier molecular flexibility index (Phi) is 5.53. The van der Waals surface area contributed by atoms with Crippen molar-refractivity contribution in [2.45, 2.75) is 31.1 Å². The molecule has 0 aliphatic carbocycles. The van der Waals surface area contributed by atoms with Gasteiger partial charge >= 0.3 is 0 Å². The standard InChI is InChI=1S/C13H20N2OS2/c1-10(11-4-7-17-8-11)15-13(16)9-18-12-2-5-14-6-3-12/h4,7-8,10,12,14H,2-3,5-6,9H2,1H3,(H,15,16). The normalized spacial score (nSPS) is 18.5. The summed E-state index contributed by atoms with van der Waals surface area (Å²) in [5, 5.41) is 11.2. The number of carbonyl (C=O) groups excluding carboxylic acids is 1. The van der Waals surface area contributed by atoms with Gasteiger partial charge in [0.25, 0.3) is 0 Å². The van der Waals surface area contributed by atoms with Gasteiger partial charge in [-0.15, -0.1) is 11.8 Å². The first-order valence-corrected chi connectivity index (χ1v) is 8.38. The molecule has 0 bridgehead atoms. The molecule has 2 rings (SSSR count). The van der Waals surface area contributed by atoms with E-state index < -0.39 is 0 Å². The molecule has 0 aromatic carbocycles. The van der Waals surface area contributed by atoms with Crippen molar-refractivity contribution in [1.82, 2.24) is 10.6 Å². The minimum Gasteiger partial charge on any atom is -0.349 e. The van der Waals surface area contributed by atoms with Crippen LogP contribution in [0.15, 0.2) is 16.8 Å². The van der Waals surface area contributed by atoms with Crippen LogP contribution in [0, 0.1) is 0 Å². The van der Waals surface area contributed by atoms with E-state index in [9.17, 15) is 4.79 Å². The van der Waals surface area contributed by atoms with E-state index in [1.807, 2.05) is 12.3 Å². The second kappa shape index (κ2) is 7.16. The predicted molar refractivity (Wildman–Crippen MR) is 79.2 cm³/mol. The highest BCUT2D eigenvalue weighted by molar-refractivity contribution is 8.00. The summed E-state index contributed by atoms with van der Waals surface area (Å²) in [6.45, 7) is 4.21. The van der Waals surface area contributed by atoms with Crippen molar-refractivity contribution in [2.24, 2.45) is 0 Å². The Balaban J connectivity index is 1.68. The second-order valence-corrected chi connectivity index (χ2v) is 6.67. The zero-order chi connectivity index (χ0) is 12.8. The molecular formula is C13H20N2OS2. The molecule has 2 heterocycles. The van der Waals surface area contributed by atoms with E-state index in [1.54, 1.807) is 23.1 Å². The zero-order valence-electron chi connectivity index (χ0n) is 10.6. The highest BCUT2D eigenvalue weighted by atomic mass is 32.2. The lowest BCUT2D eigenvalue weighted by molar-refractivity contribution is -0.119. The summed E-state index contributed by atoms with van der Waals surface area (Å²) in [5.41, 5.74) is 1.19. The molecule has 1 aromatic heterocycles. The third-order valence-electron chi connectivity index (χ3n) is 3.16. The summed E-state index contributed by atoms with van der Waals surface area (Å²) in [4.78, 5) is 11.8. The maximum atomic E-state index is 11.8. The van der Waals surface area contributed by atoms with E-state index in [0.717, 1.165) is 13.1 Å². The minimum absolute atomic E-state index is 0.123. The fourth-order valence-corrected chi connectivity index (χ4v) is 3.84. The number of thiophene rings is 1. The number of nitrogens with one attached hydrogen (secondary N) is 2. The van der Waals surface area contributed by atoms with Crippen LogP contribution in [0.5, 0.6) is 0 Å². The molecule has 5 heteroatoms. The molecule has 1 aliphatic heterocycles. The van der Waals surface area contributed by atoms with Gasteiger partial charge in [0, 0.05) is 5.25 Å². The Morgan fingerprint density at radius 2 is 2.39 bits per heavy atom. The van der Waals surface area contributed by atoms with Crippen LogP contribution in [0.3, 0.4) is 0 Å². The van der Waals surface area contributed by atoms with Crippen LogP contribution < -0.4 is 10.6 Å². The Morgan fingerprint density at radius 3 is 3.06 bits per heavy atom. The smallest absolute Gasteiger partial charge is 0.230 e. The van der Waals surface area contributed by atoms with Gasteiger partial charge in [-0.05, 0) is 55.2 Å². The number of carbonyl (C=O) groups is 1. The van der Waals surface area contributed by atoms with Crippen molar-refractivity contribution in [3.05, 3.63) is 22.4 Å². The summed E-state index contributed by atoms with van der Waals surface area (Å²) in [6, 6.07) is 2.19. The molecule has 0 spiro atoms. The van der Waals surface area contributed by atoms with Crippen LogP contribution in [-0.2, 0) is 4.79 Å². The first-order valence-electron chi connectivity index (χ1n) is 6.39. The van der Waals surface area contributed by atoms with E-state index >= 15 is 0 Å². The highest BCUT2D eigenvalue weighted by Gasteiger charge is 2.16. The molecule has 0 radical (unpaired) electrons. The van der Waals surface area contributed by atoms with Gasteiger partial charge in [0.15, 0.2) is 0 Å². The van der Waals surface area contributed by atoms with Gasteiger partial charge in [0.05, 0.1) is 11.8 Å². The lowest BCUT2D eigenvalue weighted by atomic mass is 10.2. The lowest BCUT2D eigenvalue weighted by Crippen LogP contribution is -2.32.